The molecule has 0 atom stereocenters. The number of rotatable bonds is 4. The van der Waals surface area contributed by atoms with Crippen molar-refractivity contribution in [3.05, 3.63) is 59.7 Å². The molecule has 0 saturated carbocycles. The first-order chi connectivity index (χ1) is 12.5. The SMILES string of the molecule is COC(=O)Cn1c(O)c(N=NC(=O)c2ccc(C)cc2)c2ccccc21. The molecule has 0 radical (unpaired) electrons. The molecule has 1 aromatic heterocycles. The van der Waals surface area contributed by atoms with Crippen LogP contribution in [0.1, 0.15) is 15.9 Å². The Bertz CT molecular complexity index is 1000. The monoisotopic (exact) mass is 351 g/mol. The number of carbonyl (C=O) groups is 2. The molecule has 0 fully saturated rings. The van der Waals surface area contributed by atoms with Crippen LogP contribution in [-0.2, 0) is 16.1 Å². The van der Waals surface area contributed by atoms with Gasteiger partial charge in [0.2, 0.25) is 5.88 Å². The van der Waals surface area contributed by atoms with Crippen LogP contribution in [0.15, 0.2) is 58.8 Å². The maximum absolute atomic E-state index is 12.2. The number of para-hydroxylation sites is 1. The summed E-state index contributed by atoms with van der Waals surface area (Å²) in [7, 11) is 1.27. The van der Waals surface area contributed by atoms with E-state index in [1.165, 1.54) is 11.7 Å². The summed E-state index contributed by atoms with van der Waals surface area (Å²) in [4.78, 5) is 23.8. The Morgan fingerprint density at radius 2 is 1.81 bits per heavy atom. The summed E-state index contributed by atoms with van der Waals surface area (Å²) in [6.45, 7) is 1.74. The maximum Gasteiger partial charge on any atom is 0.325 e. The van der Waals surface area contributed by atoms with Crippen molar-refractivity contribution in [2.75, 3.05) is 7.11 Å². The zero-order valence-electron chi connectivity index (χ0n) is 14.3. The van der Waals surface area contributed by atoms with Crippen LogP contribution in [0.3, 0.4) is 0 Å². The normalized spacial score (nSPS) is 11.2. The first-order valence-electron chi connectivity index (χ1n) is 7.91. The molecule has 26 heavy (non-hydrogen) atoms. The van der Waals surface area contributed by atoms with Crippen LogP contribution in [0.25, 0.3) is 10.9 Å². The number of aromatic nitrogens is 1. The lowest BCUT2D eigenvalue weighted by Crippen LogP contribution is -2.10. The van der Waals surface area contributed by atoms with Gasteiger partial charge in [-0.1, -0.05) is 35.9 Å². The van der Waals surface area contributed by atoms with Crippen molar-refractivity contribution in [1.82, 2.24) is 4.57 Å². The van der Waals surface area contributed by atoms with Crippen LogP contribution in [0.4, 0.5) is 5.69 Å². The zero-order valence-corrected chi connectivity index (χ0v) is 14.3. The topological polar surface area (TPSA) is 93.2 Å². The highest BCUT2D eigenvalue weighted by atomic mass is 16.5. The highest BCUT2D eigenvalue weighted by Gasteiger charge is 2.19. The lowest BCUT2D eigenvalue weighted by molar-refractivity contribution is -0.141. The van der Waals surface area contributed by atoms with Crippen molar-refractivity contribution in [3.8, 4) is 5.88 Å². The molecule has 3 rings (SSSR count). The van der Waals surface area contributed by atoms with Gasteiger partial charge in [0.25, 0.3) is 5.91 Å². The van der Waals surface area contributed by atoms with Crippen molar-refractivity contribution >= 4 is 28.5 Å². The molecule has 1 amide bonds. The van der Waals surface area contributed by atoms with E-state index in [-0.39, 0.29) is 18.1 Å². The van der Waals surface area contributed by atoms with E-state index >= 15 is 0 Å². The molecule has 0 bridgehead atoms. The number of hydrogen-bond acceptors (Lipinski definition) is 5. The number of azo groups is 1. The average molecular weight is 351 g/mol. The molecular formula is C19H17N3O4. The van der Waals surface area contributed by atoms with Gasteiger partial charge in [0.05, 0.1) is 12.6 Å². The minimum absolute atomic E-state index is 0.130. The quantitative estimate of drug-likeness (QED) is 0.572. The number of methoxy groups -OCH3 is 1. The van der Waals surface area contributed by atoms with Gasteiger partial charge < -0.3 is 9.84 Å². The number of aryl methyl sites for hydroxylation is 1. The second-order valence-corrected chi connectivity index (χ2v) is 5.72. The third kappa shape index (κ3) is 3.32. The maximum atomic E-state index is 12.2. The van der Waals surface area contributed by atoms with Gasteiger partial charge in [-0.3, -0.25) is 14.2 Å². The first-order valence-corrected chi connectivity index (χ1v) is 7.91. The largest absolute Gasteiger partial charge is 0.493 e. The van der Waals surface area contributed by atoms with Crippen molar-refractivity contribution in [2.24, 2.45) is 10.2 Å². The number of ether oxygens (including phenoxy) is 1. The lowest BCUT2D eigenvalue weighted by atomic mass is 10.1. The second-order valence-electron chi connectivity index (χ2n) is 5.72. The Labute approximate surface area is 149 Å². The van der Waals surface area contributed by atoms with E-state index < -0.39 is 11.9 Å². The predicted molar refractivity (Wildman–Crippen MR) is 95.6 cm³/mol. The third-order valence-electron chi connectivity index (χ3n) is 3.97. The third-order valence-corrected chi connectivity index (χ3v) is 3.97. The van der Waals surface area contributed by atoms with Crippen LogP contribution < -0.4 is 0 Å². The van der Waals surface area contributed by atoms with Gasteiger partial charge in [-0.05, 0) is 25.1 Å². The average Bonchev–Trinajstić information content (AvgIpc) is 2.92. The summed E-state index contributed by atoms with van der Waals surface area (Å²) in [5, 5.41) is 18.7. The Morgan fingerprint density at radius 3 is 2.50 bits per heavy atom. The van der Waals surface area contributed by atoms with Gasteiger partial charge in [0.15, 0.2) is 5.69 Å². The zero-order chi connectivity index (χ0) is 18.7. The molecule has 0 spiro atoms. The summed E-state index contributed by atoms with van der Waals surface area (Å²) in [6, 6.07) is 13.9. The fourth-order valence-electron chi connectivity index (χ4n) is 2.57. The number of hydrogen-bond donors (Lipinski definition) is 1. The van der Waals surface area contributed by atoms with E-state index in [4.69, 9.17) is 0 Å². The van der Waals surface area contributed by atoms with Gasteiger partial charge in [-0.25, -0.2) is 0 Å². The van der Waals surface area contributed by atoms with E-state index in [0.29, 0.717) is 16.5 Å². The number of aromatic hydroxyl groups is 1. The Hall–Kier alpha value is -3.48. The summed E-state index contributed by atoms with van der Waals surface area (Å²) >= 11 is 0. The van der Waals surface area contributed by atoms with Gasteiger partial charge in [0, 0.05) is 10.9 Å². The number of amides is 1. The summed E-state index contributed by atoms with van der Waals surface area (Å²) < 4.78 is 6.02. The van der Waals surface area contributed by atoms with Crippen LogP contribution >= 0.6 is 0 Å². The standard InChI is InChI=1S/C19H17N3O4/c1-12-7-9-13(10-8-12)18(24)21-20-17-14-5-3-4-6-15(14)22(19(17)25)11-16(23)26-2/h3-10,25H,11H2,1-2H3. The second kappa shape index (κ2) is 7.18. The molecule has 3 aromatic rings. The van der Waals surface area contributed by atoms with Gasteiger partial charge in [0.1, 0.15) is 6.54 Å². The molecule has 2 aromatic carbocycles. The van der Waals surface area contributed by atoms with Crippen LogP contribution in [0, 0.1) is 6.92 Å². The molecule has 1 heterocycles. The molecule has 7 heteroatoms. The molecule has 0 saturated heterocycles. The summed E-state index contributed by atoms with van der Waals surface area (Å²) in [5.74, 6) is -1.29. The van der Waals surface area contributed by atoms with E-state index in [1.54, 1.807) is 36.4 Å². The van der Waals surface area contributed by atoms with Gasteiger partial charge >= 0.3 is 5.97 Å². The Morgan fingerprint density at radius 1 is 1.12 bits per heavy atom. The molecule has 0 aliphatic heterocycles. The smallest absolute Gasteiger partial charge is 0.325 e. The van der Waals surface area contributed by atoms with Gasteiger partial charge in [-0.2, -0.15) is 0 Å². The fraction of sp³-hybridized carbons (Fsp3) is 0.158. The van der Waals surface area contributed by atoms with E-state index in [9.17, 15) is 14.7 Å². The molecule has 7 nitrogen and oxygen atoms in total. The molecular weight excluding hydrogens is 334 g/mol. The van der Waals surface area contributed by atoms with E-state index in [2.05, 4.69) is 15.0 Å². The number of fused-ring (bicyclic) bond motifs is 1. The number of carbonyl (C=O) groups excluding carboxylic acids is 2. The first kappa shape index (κ1) is 17.3. The number of benzene rings is 2. The Balaban J connectivity index is 1.99. The van der Waals surface area contributed by atoms with E-state index in [1.807, 2.05) is 19.1 Å². The van der Waals surface area contributed by atoms with Crippen molar-refractivity contribution < 1.29 is 19.4 Å². The predicted octanol–water partition coefficient (Wildman–Crippen LogP) is 3.75. The molecule has 1 N–H and O–H groups in total. The molecule has 0 aliphatic rings. The van der Waals surface area contributed by atoms with E-state index in [0.717, 1.165) is 5.56 Å². The summed E-state index contributed by atoms with van der Waals surface area (Å²) in [5.41, 5.74) is 2.15. The van der Waals surface area contributed by atoms with Crippen molar-refractivity contribution in [2.45, 2.75) is 13.5 Å². The number of esters is 1. The van der Waals surface area contributed by atoms with Crippen LogP contribution in [0.2, 0.25) is 0 Å². The molecule has 132 valence electrons. The minimum atomic E-state index is -0.519. The fourth-order valence-corrected chi connectivity index (χ4v) is 2.57. The summed E-state index contributed by atoms with van der Waals surface area (Å²) in [6.07, 6.45) is 0. The van der Waals surface area contributed by atoms with Crippen LogP contribution in [-0.4, -0.2) is 28.7 Å². The lowest BCUT2D eigenvalue weighted by Gasteiger charge is -2.04. The highest BCUT2D eigenvalue weighted by Crippen LogP contribution is 2.38. The van der Waals surface area contributed by atoms with Crippen LogP contribution in [0.5, 0.6) is 5.88 Å². The minimum Gasteiger partial charge on any atom is -0.493 e. The van der Waals surface area contributed by atoms with Crippen molar-refractivity contribution in [1.29, 1.82) is 0 Å². The highest BCUT2D eigenvalue weighted by molar-refractivity contribution is 5.97. The number of nitrogens with zero attached hydrogens (tertiary/aromatic N) is 3. The van der Waals surface area contributed by atoms with Gasteiger partial charge in [-0.15, -0.1) is 10.2 Å². The van der Waals surface area contributed by atoms with Crippen molar-refractivity contribution in [3.63, 3.8) is 0 Å². The Kier molecular flexibility index (Phi) is 4.79. The molecule has 0 unspecified atom stereocenters. The molecule has 0 aliphatic carbocycles.